The Hall–Kier alpha value is -0.990. The van der Waals surface area contributed by atoms with E-state index in [2.05, 4.69) is 6.58 Å². The number of hydrogen-bond acceptors (Lipinski definition) is 1. The van der Waals surface area contributed by atoms with Gasteiger partial charge < -0.3 is 9.80 Å². The first-order valence-electron chi connectivity index (χ1n) is 4.09. The molecule has 0 bridgehead atoms. The predicted molar refractivity (Wildman–Crippen MR) is 51.1 cm³/mol. The lowest BCUT2D eigenvalue weighted by atomic mass is 10.3. The molecule has 0 aliphatic carbocycles. The summed E-state index contributed by atoms with van der Waals surface area (Å²) >= 11 is 0. The summed E-state index contributed by atoms with van der Waals surface area (Å²) in [7, 11) is 3.50. The molecule has 70 valence electrons. The lowest BCUT2D eigenvalue weighted by molar-refractivity contribution is 0.164. The molecule has 0 saturated heterocycles. The van der Waals surface area contributed by atoms with Crippen LogP contribution in [0.15, 0.2) is 12.7 Å². The molecule has 0 aromatic rings. The minimum atomic E-state index is 0.0323. The molecule has 0 radical (unpaired) electrons. The summed E-state index contributed by atoms with van der Waals surface area (Å²) < 4.78 is 0. The van der Waals surface area contributed by atoms with Gasteiger partial charge in [-0.15, -0.1) is 6.58 Å². The molecule has 0 aromatic heterocycles. The summed E-state index contributed by atoms with van der Waals surface area (Å²) in [6, 6.07) is 0.253. The van der Waals surface area contributed by atoms with Gasteiger partial charge >= 0.3 is 6.03 Å². The van der Waals surface area contributed by atoms with Crippen molar-refractivity contribution in [2.45, 2.75) is 19.9 Å². The van der Waals surface area contributed by atoms with Gasteiger partial charge in [-0.25, -0.2) is 4.79 Å². The zero-order valence-electron chi connectivity index (χ0n) is 8.37. The van der Waals surface area contributed by atoms with Gasteiger partial charge in [0.1, 0.15) is 0 Å². The summed E-state index contributed by atoms with van der Waals surface area (Å²) in [5, 5.41) is 0. The van der Waals surface area contributed by atoms with Crippen LogP contribution in [0.2, 0.25) is 0 Å². The molecule has 0 unspecified atom stereocenters. The fraction of sp³-hybridized carbons (Fsp3) is 0.667. The topological polar surface area (TPSA) is 23.6 Å². The number of carbonyl (C=O) groups is 1. The molecule has 0 rings (SSSR count). The van der Waals surface area contributed by atoms with E-state index in [-0.39, 0.29) is 12.1 Å². The SMILES string of the molecule is C=CCN(C(=O)N(C)C)C(C)C. The molecule has 0 atom stereocenters. The van der Waals surface area contributed by atoms with Gasteiger partial charge in [0.2, 0.25) is 0 Å². The van der Waals surface area contributed by atoms with Crippen molar-refractivity contribution in [3.05, 3.63) is 12.7 Å². The molecule has 0 aromatic carbocycles. The van der Waals surface area contributed by atoms with E-state index in [9.17, 15) is 4.79 Å². The first-order valence-corrected chi connectivity index (χ1v) is 4.09. The van der Waals surface area contributed by atoms with Crippen LogP contribution in [0.4, 0.5) is 4.79 Å². The molecule has 0 spiro atoms. The Balaban J connectivity index is 4.29. The number of hydrogen-bond donors (Lipinski definition) is 0. The third-order valence-corrected chi connectivity index (χ3v) is 1.58. The van der Waals surface area contributed by atoms with Gasteiger partial charge in [-0.05, 0) is 13.8 Å². The van der Waals surface area contributed by atoms with Gasteiger partial charge in [0.05, 0.1) is 0 Å². The maximum absolute atomic E-state index is 11.5. The molecular formula is C9H18N2O. The lowest BCUT2D eigenvalue weighted by Gasteiger charge is -2.28. The van der Waals surface area contributed by atoms with E-state index in [0.29, 0.717) is 6.54 Å². The first-order chi connectivity index (χ1) is 5.50. The summed E-state index contributed by atoms with van der Waals surface area (Å²) in [5.41, 5.74) is 0. The summed E-state index contributed by atoms with van der Waals surface area (Å²) in [5.74, 6) is 0. The Morgan fingerprint density at radius 3 is 2.25 bits per heavy atom. The number of amides is 2. The van der Waals surface area contributed by atoms with Gasteiger partial charge in [-0.1, -0.05) is 6.08 Å². The first kappa shape index (κ1) is 11.0. The highest BCUT2D eigenvalue weighted by molar-refractivity contribution is 5.74. The zero-order valence-corrected chi connectivity index (χ0v) is 8.37. The van der Waals surface area contributed by atoms with Crippen LogP contribution >= 0.6 is 0 Å². The number of carbonyl (C=O) groups excluding carboxylic acids is 1. The standard InChI is InChI=1S/C9H18N2O/c1-6-7-11(8(2)3)9(12)10(4)5/h6,8H,1,7H2,2-5H3. The average Bonchev–Trinajstić information content (AvgIpc) is 1.98. The lowest BCUT2D eigenvalue weighted by Crippen LogP contribution is -2.43. The van der Waals surface area contributed by atoms with E-state index in [1.165, 1.54) is 0 Å². The van der Waals surface area contributed by atoms with Crippen molar-refractivity contribution >= 4 is 6.03 Å². The molecule has 0 aliphatic heterocycles. The Morgan fingerprint density at radius 2 is 2.00 bits per heavy atom. The van der Waals surface area contributed by atoms with Crippen molar-refractivity contribution in [3.63, 3.8) is 0 Å². The Morgan fingerprint density at radius 1 is 1.50 bits per heavy atom. The van der Waals surface area contributed by atoms with Crippen LogP contribution < -0.4 is 0 Å². The van der Waals surface area contributed by atoms with E-state index >= 15 is 0 Å². The fourth-order valence-corrected chi connectivity index (χ4v) is 0.906. The molecule has 0 saturated carbocycles. The number of urea groups is 1. The van der Waals surface area contributed by atoms with Crippen molar-refractivity contribution < 1.29 is 4.79 Å². The van der Waals surface area contributed by atoms with Gasteiger partial charge in [-0.2, -0.15) is 0 Å². The minimum absolute atomic E-state index is 0.0323. The van der Waals surface area contributed by atoms with Crippen LogP contribution in [0, 0.1) is 0 Å². The molecule has 0 fully saturated rings. The Bertz CT molecular complexity index is 164. The zero-order chi connectivity index (χ0) is 9.72. The highest BCUT2D eigenvalue weighted by Gasteiger charge is 2.16. The van der Waals surface area contributed by atoms with Crippen molar-refractivity contribution in [2.24, 2.45) is 0 Å². The van der Waals surface area contributed by atoms with Crippen LogP contribution in [-0.2, 0) is 0 Å². The van der Waals surface area contributed by atoms with Crippen LogP contribution in [0.25, 0.3) is 0 Å². The van der Waals surface area contributed by atoms with Gasteiger partial charge in [0.15, 0.2) is 0 Å². The van der Waals surface area contributed by atoms with Crippen molar-refractivity contribution in [1.82, 2.24) is 9.80 Å². The number of rotatable bonds is 3. The highest BCUT2D eigenvalue weighted by Crippen LogP contribution is 2.01. The maximum atomic E-state index is 11.5. The molecule has 0 heterocycles. The van der Waals surface area contributed by atoms with Crippen LogP contribution in [0.1, 0.15) is 13.8 Å². The summed E-state index contributed by atoms with van der Waals surface area (Å²) in [6.45, 7) is 8.20. The third-order valence-electron chi connectivity index (χ3n) is 1.58. The second-order valence-corrected chi connectivity index (χ2v) is 3.21. The number of nitrogens with zero attached hydrogens (tertiary/aromatic N) is 2. The van der Waals surface area contributed by atoms with E-state index in [1.54, 1.807) is 30.0 Å². The molecule has 0 N–H and O–H groups in total. The average molecular weight is 170 g/mol. The smallest absolute Gasteiger partial charge is 0.319 e. The van der Waals surface area contributed by atoms with E-state index in [4.69, 9.17) is 0 Å². The molecule has 12 heavy (non-hydrogen) atoms. The molecular weight excluding hydrogens is 152 g/mol. The Labute approximate surface area is 74.7 Å². The molecule has 3 nitrogen and oxygen atoms in total. The second-order valence-electron chi connectivity index (χ2n) is 3.21. The molecule has 0 aliphatic rings. The normalized spacial score (nSPS) is 9.75. The second kappa shape index (κ2) is 4.80. The third kappa shape index (κ3) is 2.95. The van der Waals surface area contributed by atoms with Gasteiger partial charge in [-0.3, -0.25) is 0 Å². The minimum Gasteiger partial charge on any atom is -0.331 e. The predicted octanol–water partition coefficient (Wildman–Crippen LogP) is 1.56. The highest BCUT2D eigenvalue weighted by atomic mass is 16.2. The molecule has 2 amide bonds. The Kier molecular flexibility index (Phi) is 4.40. The van der Waals surface area contributed by atoms with Gasteiger partial charge in [0, 0.05) is 26.7 Å². The largest absolute Gasteiger partial charge is 0.331 e. The van der Waals surface area contributed by atoms with Crippen molar-refractivity contribution in [2.75, 3.05) is 20.6 Å². The van der Waals surface area contributed by atoms with Crippen molar-refractivity contribution in [3.8, 4) is 0 Å². The summed E-state index contributed by atoms with van der Waals surface area (Å²) in [4.78, 5) is 14.8. The summed E-state index contributed by atoms with van der Waals surface area (Å²) in [6.07, 6.45) is 1.74. The quantitative estimate of drug-likeness (QED) is 0.590. The fourth-order valence-electron chi connectivity index (χ4n) is 0.906. The van der Waals surface area contributed by atoms with Gasteiger partial charge in [0.25, 0.3) is 0 Å². The van der Waals surface area contributed by atoms with Crippen LogP contribution in [0.3, 0.4) is 0 Å². The van der Waals surface area contributed by atoms with E-state index in [1.807, 2.05) is 13.8 Å². The maximum Gasteiger partial charge on any atom is 0.319 e. The monoisotopic (exact) mass is 170 g/mol. The molecule has 3 heteroatoms. The van der Waals surface area contributed by atoms with Crippen LogP contribution in [0.5, 0.6) is 0 Å². The van der Waals surface area contributed by atoms with Crippen LogP contribution in [-0.4, -0.2) is 42.5 Å². The van der Waals surface area contributed by atoms with E-state index < -0.39 is 0 Å². The van der Waals surface area contributed by atoms with E-state index in [0.717, 1.165) is 0 Å². The van der Waals surface area contributed by atoms with Crippen molar-refractivity contribution in [1.29, 1.82) is 0 Å².